The molecule has 0 aromatic heterocycles. The van der Waals surface area contributed by atoms with Crippen molar-refractivity contribution in [1.82, 2.24) is 4.90 Å². The van der Waals surface area contributed by atoms with Crippen LogP contribution in [0.25, 0.3) is 0 Å². The second-order valence-corrected chi connectivity index (χ2v) is 15.6. The summed E-state index contributed by atoms with van der Waals surface area (Å²) in [6, 6.07) is 4.39. The van der Waals surface area contributed by atoms with Crippen LogP contribution in [0.4, 0.5) is 184 Å². The van der Waals surface area contributed by atoms with Crippen LogP contribution in [0.3, 0.4) is 0 Å². The average Bonchev–Trinajstić information content (AvgIpc) is 3.21. The van der Waals surface area contributed by atoms with Gasteiger partial charge in [0.1, 0.15) is 0 Å². The Morgan fingerprint density at radius 3 is 0.618 bits per heavy atom. The monoisotopic (exact) mass is 1230 g/mol. The van der Waals surface area contributed by atoms with Gasteiger partial charge in [-0.05, 0) is 31.5 Å². The Balaban J connectivity index is 3.64. The Morgan fingerprint density at radius 1 is 0.237 bits per heavy atom. The van der Waals surface area contributed by atoms with E-state index >= 15 is 0 Å². The molecule has 0 saturated carbocycles. The van der Waals surface area contributed by atoms with Gasteiger partial charge in [-0.25, -0.2) is 0 Å². The average molecular weight is 1230 g/mol. The first-order valence-electron chi connectivity index (χ1n) is 18.4. The topological polar surface area (TPSA) is 3.24 Å². The quantitative estimate of drug-likeness (QED) is 0.0836. The van der Waals surface area contributed by atoms with Crippen molar-refractivity contribution in [3.8, 4) is 0 Å². The second kappa shape index (κ2) is 19.5. The summed E-state index contributed by atoms with van der Waals surface area (Å²) in [6.45, 7) is -5.03. The fourth-order valence-electron chi connectivity index (χ4n) is 5.66. The Bertz CT molecular complexity index is 1980. The number of hydrogen-bond donors (Lipinski definition) is 0. The number of alkyl halides is 42. The van der Waals surface area contributed by atoms with Crippen molar-refractivity contribution in [2.75, 3.05) is 13.1 Å². The molecular formula is C33H19F42N. The van der Waals surface area contributed by atoms with Crippen LogP contribution in [0, 0.1) is 0 Å². The highest BCUT2D eigenvalue weighted by Gasteiger charge is 3.00. The van der Waals surface area contributed by atoms with E-state index in [-0.39, 0.29) is 4.90 Å². The minimum atomic E-state index is -9.55. The molecule has 76 heavy (non-hydrogen) atoms. The van der Waals surface area contributed by atoms with E-state index in [1.807, 2.05) is 0 Å². The van der Waals surface area contributed by atoms with Crippen molar-refractivity contribution in [1.29, 1.82) is 0 Å². The summed E-state index contributed by atoms with van der Waals surface area (Å²) in [5.41, 5.74) is -0.439. The lowest BCUT2D eigenvalue weighted by Gasteiger charge is -2.44. The first kappa shape index (κ1) is 70.3. The van der Waals surface area contributed by atoms with Crippen LogP contribution in [0.2, 0.25) is 0 Å². The summed E-state index contributed by atoms with van der Waals surface area (Å²) in [7, 11) is 0. The molecule has 0 aliphatic carbocycles. The van der Waals surface area contributed by atoms with Gasteiger partial charge in [-0.15, -0.1) is 0 Å². The molecule has 0 unspecified atom stereocenters. The van der Waals surface area contributed by atoms with Crippen molar-refractivity contribution in [2.24, 2.45) is 0 Å². The van der Waals surface area contributed by atoms with E-state index in [9.17, 15) is 184 Å². The first-order chi connectivity index (χ1) is 32.7. The first-order valence-corrected chi connectivity index (χ1v) is 18.4. The van der Waals surface area contributed by atoms with Crippen molar-refractivity contribution >= 4 is 0 Å². The maximum atomic E-state index is 14.5. The van der Waals surface area contributed by atoms with Gasteiger partial charge in [0.25, 0.3) is 0 Å². The van der Waals surface area contributed by atoms with Gasteiger partial charge in [0.2, 0.25) is 0 Å². The number of nitrogens with zero attached hydrogens (tertiary/aromatic N) is 1. The highest BCUT2D eigenvalue weighted by molar-refractivity contribution is 5.20. The molecule has 0 radical (unpaired) electrons. The van der Waals surface area contributed by atoms with E-state index in [1.54, 1.807) is 0 Å². The molecular weight excluding hydrogens is 1210 g/mol. The van der Waals surface area contributed by atoms with E-state index in [2.05, 4.69) is 0 Å². The standard InChI is InChI=1S/C33H19F42N/c34-14(35,16(38,39)18(42,43)20(46,47)22(50,51)24(54,55)26(58,59)28(62,63)30(66,67)32(70,71)72)8-4-10-76(12-13-6-2-1-3-7-13)11-5-9-15(36,37)17(40,41)19(44,45)21(48,49)23(52,53)25(56,57)27(60,61)29(64,65)31(68,69)33(73,74)75/h1-3,6-7H,4-5,8-12H2. The normalized spacial score (nSPS) is 16.5. The van der Waals surface area contributed by atoms with E-state index in [0.717, 1.165) is 30.3 Å². The zero-order valence-corrected chi connectivity index (χ0v) is 34.7. The molecule has 1 nitrogen and oxygen atoms in total. The lowest BCUT2D eigenvalue weighted by molar-refractivity contribution is -0.474. The van der Waals surface area contributed by atoms with Crippen LogP contribution in [0.5, 0.6) is 0 Å². The predicted molar refractivity (Wildman–Crippen MR) is 161 cm³/mol. The third kappa shape index (κ3) is 9.92. The van der Waals surface area contributed by atoms with Gasteiger partial charge in [0.05, 0.1) is 0 Å². The molecule has 1 aromatic carbocycles. The van der Waals surface area contributed by atoms with Crippen LogP contribution >= 0.6 is 0 Å². The highest BCUT2D eigenvalue weighted by atomic mass is 19.5. The van der Waals surface area contributed by atoms with E-state index in [0.29, 0.717) is 0 Å². The van der Waals surface area contributed by atoms with E-state index < -0.39 is 170 Å². The molecule has 1 rings (SSSR count). The fourth-order valence-corrected chi connectivity index (χ4v) is 5.66. The molecule has 0 fully saturated rings. The van der Waals surface area contributed by atoms with E-state index in [4.69, 9.17) is 0 Å². The van der Waals surface area contributed by atoms with Gasteiger partial charge in [-0.3, -0.25) is 4.90 Å². The minimum absolute atomic E-state index is 0.0430. The Morgan fingerprint density at radius 2 is 0.421 bits per heavy atom. The van der Waals surface area contributed by atoms with Crippen molar-refractivity contribution in [2.45, 2.75) is 151 Å². The van der Waals surface area contributed by atoms with Gasteiger partial charge in [0, 0.05) is 19.4 Å². The third-order valence-corrected chi connectivity index (χ3v) is 10.3. The summed E-state index contributed by atoms with van der Waals surface area (Å²) in [5, 5.41) is 0. The predicted octanol–water partition coefficient (Wildman–Crippen LogP) is 16.6. The largest absolute Gasteiger partial charge is 0.460 e. The Labute approximate surface area is 390 Å². The summed E-state index contributed by atoms with van der Waals surface area (Å²) in [6.07, 6.45) is -27.9. The third-order valence-electron chi connectivity index (χ3n) is 10.3. The van der Waals surface area contributed by atoms with Gasteiger partial charge >= 0.3 is 119 Å². The number of halogens is 42. The molecule has 0 atom stereocenters. The fraction of sp³-hybridized carbons (Fsp3) is 0.818. The van der Waals surface area contributed by atoms with Crippen LogP contribution < -0.4 is 0 Å². The number of rotatable bonds is 26. The van der Waals surface area contributed by atoms with Gasteiger partial charge in [-0.1, -0.05) is 30.3 Å². The molecule has 1 aromatic rings. The summed E-state index contributed by atoms with van der Waals surface area (Å²) in [4.78, 5) is -0.0430. The van der Waals surface area contributed by atoms with Crippen LogP contribution in [0.15, 0.2) is 30.3 Å². The number of hydrogen-bond acceptors (Lipinski definition) is 1. The second-order valence-electron chi connectivity index (χ2n) is 15.6. The maximum Gasteiger partial charge on any atom is 0.460 e. The zero-order valence-electron chi connectivity index (χ0n) is 34.7. The molecule has 0 heterocycles. The van der Waals surface area contributed by atoms with Crippen molar-refractivity contribution < 1.29 is 184 Å². The van der Waals surface area contributed by atoms with Gasteiger partial charge in [-0.2, -0.15) is 184 Å². The van der Waals surface area contributed by atoms with Crippen LogP contribution in [-0.4, -0.2) is 137 Å². The lowest BCUT2D eigenvalue weighted by Crippen LogP contribution is -2.76. The molecule has 0 bridgehead atoms. The van der Waals surface area contributed by atoms with Gasteiger partial charge < -0.3 is 0 Å². The molecule has 0 aliphatic heterocycles. The van der Waals surface area contributed by atoms with Crippen LogP contribution in [-0.2, 0) is 6.54 Å². The molecule has 0 N–H and O–H groups in total. The van der Waals surface area contributed by atoms with E-state index in [1.165, 1.54) is 0 Å². The molecule has 0 aliphatic rings. The summed E-state index contributed by atoms with van der Waals surface area (Å²) >= 11 is 0. The Hall–Kier alpha value is -3.76. The van der Waals surface area contributed by atoms with Crippen molar-refractivity contribution in [3.05, 3.63) is 35.9 Å². The number of benzene rings is 1. The lowest BCUT2D eigenvalue weighted by atomic mass is 9.85. The summed E-state index contributed by atoms with van der Waals surface area (Å²) < 4.78 is 576. The molecule has 0 saturated heterocycles. The highest BCUT2D eigenvalue weighted by Crippen LogP contribution is 2.69. The summed E-state index contributed by atoms with van der Waals surface area (Å²) in [5.74, 6) is -162. The minimum Gasteiger partial charge on any atom is -0.299 e. The van der Waals surface area contributed by atoms with Gasteiger partial charge in [0.15, 0.2) is 0 Å². The van der Waals surface area contributed by atoms with Crippen LogP contribution in [0.1, 0.15) is 31.2 Å². The SMILES string of the molecule is FC(F)(F)C(F)(F)C(F)(F)C(F)(F)C(F)(F)C(F)(F)C(F)(F)C(F)(F)C(F)(F)C(F)(F)CCCN(CCCC(F)(F)C(F)(F)C(F)(F)C(F)(F)C(F)(F)C(F)(F)C(F)(F)C(F)(F)C(F)(F)C(F)(F)F)Cc1ccccc1. The maximum absolute atomic E-state index is 14.5. The molecule has 0 spiro atoms. The zero-order chi connectivity index (χ0) is 61.6. The molecule has 450 valence electrons. The molecule has 43 heteroatoms. The smallest absolute Gasteiger partial charge is 0.299 e. The molecule has 0 amide bonds. The Kier molecular flexibility index (Phi) is 18.0. The van der Waals surface area contributed by atoms with Crippen molar-refractivity contribution in [3.63, 3.8) is 0 Å².